The third kappa shape index (κ3) is 3.10. The minimum atomic E-state index is -0.999. The molecule has 1 aliphatic rings. The molecule has 2 N–H and O–H groups in total. The number of carboxylic acid groups (broad SMARTS) is 1. The quantitative estimate of drug-likeness (QED) is 0.900. The Labute approximate surface area is 121 Å². The molecule has 1 aliphatic heterocycles. The molecule has 110 valence electrons. The van der Waals surface area contributed by atoms with Gasteiger partial charge in [0.15, 0.2) is 11.5 Å². The van der Waals surface area contributed by atoms with Crippen molar-refractivity contribution < 1.29 is 23.8 Å². The van der Waals surface area contributed by atoms with Crippen LogP contribution in [0.15, 0.2) is 34.9 Å². The van der Waals surface area contributed by atoms with E-state index in [2.05, 4.69) is 5.32 Å². The number of carbonyl (C=O) groups is 1. The standard InChI is InChI=1S/C15H15NO5/c17-15(18)10-6-12(21-9-10)8-16-11-2-3-13-14(7-11)20-5-1-4-19-13/h2-3,6-7,9,16H,1,4-5,8H2,(H,17,18). The normalized spacial score (nSPS) is 13.5. The Hall–Kier alpha value is -2.63. The van der Waals surface area contributed by atoms with Crippen LogP contribution in [-0.4, -0.2) is 24.3 Å². The van der Waals surface area contributed by atoms with Crippen LogP contribution in [-0.2, 0) is 6.54 Å². The summed E-state index contributed by atoms with van der Waals surface area (Å²) in [5.41, 5.74) is 0.998. The molecule has 0 atom stereocenters. The van der Waals surface area contributed by atoms with Crippen molar-refractivity contribution in [1.29, 1.82) is 0 Å². The number of aromatic carboxylic acids is 1. The monoisotopic (exact) mass is 289 g/mol. The largest absolute Gasteiger partial charge is 0.490 e. The van der Waals surface area contributed by atoms with Crippen molar-refractivity contribution in [3.8, 4) is 11.5 Å². The number of benzene rings is 1. The molecule has 6 heteroatoms. The number of carboxylic acids is 1. The van der Waals surface area contributed by atoms with Gasteiger partial charge in [0.25, 0.3) is 0 Å². The third-order valence-corrected chi connectivity index (χ3v) is 3.11. The molecule has 0 saturated carbocycles. The molecule has 2 aromatic rings. The number of hydrogen-bond donors (Lipinski definition) is 2. The Bertz CT molecular complexity index is 649. The van der Waals surface area contributed by atoms with Gasteiger partial charge >= 0.3 is 5.97 Å². The highest BCUT2D eigenvalue weighted by molar-refractivity contribution is 5.87. The highest BCUT2D eigenvalue weighted by atomic mass is 16.5. The minimum Gasteiger partial charge on any atom is -0.490 e. The Morgan fingerprint density at radius 3 is 2.76 bits per heavy atom. The average Bonchev–Trinajstić information content (AvgIpc) is 2.84. The second-order valence-corrected chi connectivity index (χ2v) is 4.67. The van der Waals surface area contributed by atoms with Gasteiger partial charge in [-0.2, -0.15) is 0 Å². The van der Waals surface area contributed by atoms with Gasteiger partial charge in [0, 0.05) is 18.2 Å². The average molecular weight is 289 g/mol. The minimum absolute atomic E-state index is 0.144. The number of furan rings is 1. The summed E-state index contributed by atoms with van der Waals surface area (Å²) in [5.74, 6) is 1.01. The lowest BCUT2D eigenvalue weighted by molar-refractivity contribution is 0.0696. The summed E-state index contributed by atoms with van der Waals surface area (Å²) in [7, 11) is 0. The second-order valence-electron chi connectivity index (χ2n) is 4.67. The predicted molar refractivity (Wildman–Crippen MR) is 75.0 cm³/mol. The maximum absolute atomic E-state index is 10.8. The van der Waals surface area contributed by atoms with E-state index in [9.17, 15) is 4.79 Å². The number of nitrogens with one attached hydrogen (secondary N) is 1. The van der Waals surface area contributed by atoms with Crippen LogP contribution in [0.1, 0.15) is 22.5 Å². The molecule has 0 fully saturated rings. The van der Waals surface area contributed by atoms with Crippen molar-refractivity contribution >= 4 is 11.7 Å². The van der Waals surface area contributed by atoms with Gasteiger partial charge in [0.1, 0.15) is 12.0 Å². The zero-order chi connectivity index (χ0) is 14.7. The lowest BCUT2D eigenvalue weighted by Crippen LogP contribution is -2.00. The van der Waals surface area contributed by atoms with Gasteiger partial charge in [-0.3, -0.25) is 0 Å². The molecule has 21 heavy (non-hydrogen) atoms. The van der Waals surface area contributed by atoms with Gasteiger partial charge in [-0.05, 0) is 18.2 Å². The molecule has 3 rings (SSSR count). The van der Waals surface area contributed by atoms with E-state index in [1.54, 1.807) is 0 Å². The first kappa shape index (κ1) is 13.4. The molecule has 0 saturated heterocycles. The fourth-order valence-corrected chi connectivity index (χ4v) is 2.05. The van der Waals surface area contributed by atoms with E-state index in [0.29, 0.717) is 31.3 Å². The van der Waals surface area contributed by atoms with E-state index in [4.69, 9.17) is 19.0 Å². The molecule has 0 radical (unpaired) electrons. The molecule has 0 aliphatic carbocycles. The van der Waals surface area contributed by atoms with Gasteiger partial charge in [0.05, 0.1) is 25.3 Å². The Kier molecular flexibility index (Phi) is 3.68. The summed E-state index contributed by atoms with van der Waals surface area (Å²) in [4.78, 5) is 10.8. The van der Waals surface area contributed by atoms with Crippen molar-refractivity contribution in [3.05, 3.63) is 41.9 Å². The maximum Gasteiger partial charge on any atom is 0.338 e. The SMILES string of the molecule is O=C(O)c1coc(CNc2ccc3c(c2)OCCCO3)c1. The van der Waals surface area contributed by atoms with E-state index < -0.39 is 5.97 Å². The summed E-state index contributed by atoms with van der Waals surface area (Å²) in [6, 6.07) is 7.10. The number of fused-ring (bicyclic) bond motifs is 1. The fourth-order valence-electron chi connectivity index (χ4n) is 2.05. The van der Waals surface area contributed by atoms with Gasteiger partial charge in [-0.25, -0.2) is 4.79 Å². The van der Waals surface area contributed by atoms with E-state index in [0.717, 1.165) is 17.9 Å². The molecule has 2 heterocycles. The first-order valence-electron chi connectivity index (χ1n) is 6.66. The molecule has 0 amide bonds. The van der Waals surface area contributed by atoms with E-state index in [1.807, 2.05) is 18.2 Å². The Balaban J connectivity index is 1.67. The maximum atomic E-state index is 10.8. The van der Waals surface area contributed by atoms with E-state index in [-0.39, 0.29) is 5.56 Å². The van der Waals surface area contributed by atoms with Crippen LogP contribution in [0.4, 0.5) is 5.69 Å². The molecule has 1 aromatic carbocycles. The highest BCUT2D eigenvalue weighted by Crippen LogP contribution is 2.32. The topological polar surface area (TPSA) is 80.9 Å². The van der Waals surface area contributed by atoms with Crippen LogP contribution in [0.3, 0.4) is 0 Å². The van der Waals surface area contributed by atoms with Crippen molar-refractivity contribution in [3.63, 3.8) is 0 Å². The molecule has 0 spiro atoms. The molecular formula is C15H15NO5. The lowest BCUT2D eigenvalue weighted by atomic mass is 10.2. The van der Waals surface area contributed by atoms with E-state index in [1.165, 1.54) is 12.3 Å². The van der Waals surface area contributed by atoms with Crippen molar-refractivity contribution in [2.24, 2.45) is 0 Å². The summed E-state index contributed by atoms with van der Waals surface area (Å²) in [6.45, 7) is 1.69. The lowest BCUT2D eigenvalue weighted by Gasteiger charge is -2.10. The predicted octanol–water partition coefficient (Wildman–Crippen LogP) is 2.75. The first-order chi connectivity index (χ1) is 10.2. The number of hydrogen-bond acceptors (Lipinski definition) is 5. The van der Waals surface area contributed by atoms with Crippen LogP contribution in [0.5, 0.6) is 11.5 Å². The zero-order valence-corrected chi connectivity index (χ0v) is 11.3. The van der Waals surface area contributed by atoms with E-state index >= 15 is 0 Å². The first-order valence-corrected chi connectivity index (χ1v) is 6.66. The third-order valence-electron chi connectivity index (χ3n) is 3.11. The smallest absolute Gasteiger partial charge is 0.338 e. The van der Waals surface area contributed by atoms with Crippen LogP contribution < -0.4 is 14.8 Å². The summed E-state index contributed by atoms with van der Waals surface area (Å²) in [5, 5.41) is 12.0. The van der Waals surface area contributed by atoms with Gasteiger partial charge in [-0.1, -0.05) is 0 Å². The van der Waals surface area contributed by atoms with Crippen molar-refractivity contribution in [2.45, 2.75) is 13.0 Å². The summed E-state index contributed by atoms with van der Waals surface area (Å²) >= 11 is 0. The summed E-state index contributed by atoms with van der Waals surface area (Å²) in [6.07, 6.45) is 2.09. The number of anilines is 1. The summed E-state index contributed by atoms with van der Waals surface area (Å²) < 4.78 is 16.4. The Morgan fingerprint density at radius 2 is 2.00 bits per heavy atom. The van der Waals surface area contributed by atoms with Crippen molar-refractivity contribution in [2.75, 3.05) is 18.5 Å². The number of ether oxygens (including phenoxy) is 2. The number of rotatable bonds is 4. The van der Waals surface area contributed by atoms with Crippen molar-refractivity contribution in [1.82, 2.24) is 0 Å². The zero-order valence-electron chi connectivity index (χ0n) is 11.3. The molecule has 6 nitrogen and oxygen atoms in total. The Morgan fingerprint density at radius 1 is 1.19 bits per heavy atom. The van der Waals surface area contributed by atoms with Crippen LogP contribution in [0.25, 0.3) is 0 Å². The second kappa shape index (κ2) is 5.78. The van der Waals surface area contributed by atoms with Crippen LogP contribution in [0.2, 0.25) is 0 Å². The fraction of sp³-hybridized carbons (Fsp3) is 0.267. The molecule has 1 aromatic heterocycles. The molecule has 0 bridgehead atoms. The molecular weight excluding hydrogens is 274 g/mol. The van der Waals surface area contributed by atoms with Gasteiger partial charge in [0.2, 0.25) is 0 Å². The van der Waals surface area contributed by atoms with Crippen LogP contribution in [0, 0.1) is 0 Å². The van der Waals surface area contributed by atoms with Gasteiger partial charge in [-0.15, -0.1) is 0 Å². The molecule has 0 unspecified atom stereocenters. The highest BCUT2D eigenvalue weighted by Gasteiger charge is 2.11. The van der Waals surface area contributed by atoms with Crippen LogP contribution >= 0.6 is 0 Å². The van der Waals surface area contributed by atoms with Gasteiger partial charge < -0.3 is 24.3 Å².